The standard InChI is InChI=1S/C17H20N4O5S/c1-9-15(10(2)26-21-9)27(24,25)18-8-14(22)19-11-5-6-13-12(7-11)17(3,4)16(23)20-13/h5-7,18H,8H2,1-4H3,(H,19,22)(H,20,23). The van der Waals surface area contributed by atoms with Crippen molar-refractivity contribution in [2.45, 2.75) is 38.0 Å². The summed E-state index contributed by atoms with van der Waals surface area (Å²) in [7, 11) is -3.92. The second kappa shape index (κ2) is 6.46. The number of hydrogen-bond acceptors (Lipinski definition) is 6. The molecule has 0 saturated heterocycles. The molecule has 3 N–H and O–H groups in total. The van der Waals surface area contributed by atoms with Gasteiger partial charge in [-0.15, -0.1) is 0 Å². The minimum absolute atomic E-state index is 0.0702. The zero-order valence-corrected chi connectivity index (χ0v) is 16.2. The quantitative estimate of drug-likeness (QED) is 0.706. The molecule has 9 nitrogen and oxygen atoms in total. The summed E-state index contributed by atoms with van der Waals surface area (Å²) >= 11 is 0. The lowest BCUT2D eigenvalue weighted by molar-refractivity contribution is -0.119. The molecule has 0 unspecified atom stereocenters. The zero-order chi connectivity index (χ0) is 20.0. The number of anilines is 2. The third-order valence-corrected chi connectivity index (χ3v) is 6.10. The molecular weight excluding hydrogens is 372 g/mol. The Bertz CT molecular complexity index is 1020. The monoisotopic (exact) mass is 392 g/mol. The van der Waals surface area contributed by atoms with Crippen LogP contribution in [0.15, 0.2) is 27.6 Å². The lowest BCUT2D eigenvalue weighted by Crippen LogP contribution is -2.33. The van der Waals surface area contributed by atoms with E-state index in [0.717, 1.165) is 5.56 Å². The van der Waals surface area contributed by atoms with Gasteiger partial charge in [-0.3, -0.25) is 9.59 Å². The van der Waals surface area contributed by atoms with Gasteiger partial charge in [0.05, 0.1) is 12.0 Å². The molecule has 0 aliphatic carbocycles. The first-order valence-corrected chi connectivity index (χ1v) is 9.69. The van der Waals surface area contributed by atoms with Crippen molar-refractivity contribution < 1.29 is 22.5 Å². The Hall–Kier alpha value is -2.72. The maximum absolute atomic E-state index is 12.3. The first-order valence-electron chi connectivity index (χ1n) is 8.21. The molecule has 144 valence electrons. The predicted octanol–water partition coefficient (Wildman–Crippen LogP) is 1.44. The van der Waals surface area contributed by atoms with Gasteiger partial charge in [0.25, 0.3) is 0 Å². The van der Waals surface area contributed by atoms with Crippen molar-refractivity contribution in [2.75, 3.05) is 17.2 Å². The average molecular weight is 392 g/mol. The summed E-state index contributed by atoms with van der Waals surface area (Å²) in [6, 6.07) is 5.04. The van der Waals surface area contributed by atoms with E-state index in [9.17, 15) is 18.0 Å². The molecule has 0 fully saturated rings. The summed E-state index contributed by atoms with van der Waals surface area (Å²) in [6.45, 7) is 6.11. The number of sulfonamides is 1. The van der Waals surface area contributed by atoms with Gasteiger partial charge in [-0.1, -0.05) is 5.16 Å². The molecule has 0 radical (unpaired) electrons. The van der Waals surface area contributed by atoms with Gasteiger partial charge in [0, 0.05) is 11.4 Å². The number of carbonyl (C=O) groups excluding carboxylic acids is 2. The van der Waals surface area contributed by atoms with Crippen molar-refractivity contribution in [3.8, 4) is 0 Å². The van der Waals surface area contributed by atoms with Gasteiger partial charge >= 0.3 is 0 Å². The Morgan fingerprint density at radius 1 is 1.30 bits per heavy atom. The van der Waals surface area contributed by atoms with Crippen LogP contribution in [0.2, 0.25) is 0 Å². The fourth-order valence-corrected chi connectivity index (χ4v) is 4.25. The average Bonchev–Trinajstić information content (AvgIpc) is 3.03. The number of nitrogens with one attached hydrogen (secondary N) is 3. The number of nitrogens with zero attached hydrogens (tertiary/aromatic N) is 1. The van der Waals surface area contributed by atoms with E-state index in [-0.39, 0.29) is 22.3 Å². The number of hydrogen-bond donors (Lipinski definition) is 3. The maximum atomic E-state index is 12.3. The summed E-state index contributed by atoms with van der Waals surface area (Å²) in [5, 5.41) is 9.01. The second-order valence-corrected chi connectivity index (χ2v) is 8.57. The summed E-state index contributed by atoms with van der Waals surface area (Å²) in [5.41, 5.74) is 1.45. The van der Waals surface area contributed by atoms with Crippen LogP contribution in [0.4, 0.5) is 11.4 Å². The van der Waals surface area contributed by atoms with E-state index in [1.54, 1.807) is 32.0 Å². The number of benzene rings is 1. The molecule has 2 aromatic rings. The van der Waals surface area contributed by atoms with Crippen LogP contribution in [-0.2, 0) is 25.0 Å². The number of aromatic nitrogens is 1. The third kappa shape index (κ3) is 3.45. The molecule has 0 bridgehead atoms. The van der Waals surface area contributed by atoms with Crippen LogP contribution < -0.4 is 15.4 Å². The number of carbonyl (C=O) groups is 2. The molecule has 1 aliphatic rings. The van der Waals surface area contributed by atoms with Gasteiger partial charge in [0.1, 0.15) is 10.6 Å². The normalized spacial score (nSPS) is 15.3. The highest BCUT2D eigenvalue weighted by Crippen LogP contribution is 2.38. The molecule has 10 heteroatoms. The SMILES string of the molecule is Cc1noc(C)c1S(=O)(=O)NCC(=O)Nc1ccc2c(c1)C(C)(C)C(=O)N2. The Morgan fingerprint density at radius 2 is 2.00 bits per heavy atom. The topological polar surface area (TPSA) is 130 Å². The third-order valence-electron chi connectivity index (χ3n) is 4.45. The number of aryl methyl sites for hydroxylation is 2. The van der Waals surface area contributed by atoms with Crippen molar-refractivity contribution in [1.82, 2.24) is 9.88 Å². The fraction of sp³-hybridized carbons (Fsp3) is 0.353. The van der Waals surface area contributed by atoms with Gasteiger partial charge in [0.2, 0.25) is 21.8 Å². The molecule has 1 aromatic carbocycles. The van der Waals surface area contributed by atoms with E-state index in [2.05, 4.69) is 20.5 Å². The first kappa shape index (κ1) is 19.1. The summed E-state index contributed by atoms with van der Waals surface area (Å²) < 4.78 is 31.7. The Labute approximate surface area is 156 Å². The lowest BCUT2D eigenvalue weighted by atomic mass is 9.86. The zero-order valence-electron chi connectivity index (χ0n) is 15.3. The second-order valence-electron chi connectivity index (χ2n) is 6.87. The number of fused-ring (bicyclic) bond motifs is 1. The Kier molecular flexibility index (Phi) is 4.56. The Morgan fingerprint density at radius 3 is 2.63 bits per heavy atom. The summed E-state index contributed by atoms with van der Waals surface area (Å²) in [4.78, 5) is 24.1. The largest absolute Gasteiger partial charge is 0.360 e. The molecule has 1 aliphatic heterocycles. The highest BCUT2D eigenvalue weighted by atomic mass is 32.2. The van der Waals surface area contributed by atoms with Gasteiger partial charge in [0.15, 0.2) is 5.76 Å². The first-order chi connectivity index (χ1) is 12.5. The van der Waals surface area contributed by atoms with Crippen molar-refractivity contribution in [3.63, 3.8) is 0 Å². The highest BCUT2D eigenvalue weighted by molar-refractivity contribution is 7.89. The summed E-state index contributed by atoms with van der Waals surface area (Å²) in [5.74, 6) is -0.507. The molecule has 2 heterocycles. The van der Waals surface area contributed by atoms with E-state index in [4.69, 9.17) is 4.52 Å². The lowest BCUT2D eigenvalue weighted by Gasteiger charge is -2.16. The number of rotatable bonds is 5. The smallest absolute Gasteiger partial charge is 0.246 e. The van der Waals surface area contributed by atoms with Crippen LogP contribution in [0.1, 0.15) is 30.9 Å². The molecule has 3 rings (SSSR count). The molecule has 0 atom stereocenters. The summed E-state index contributed by atoms with van der Waals surface area (Å²) in [6.07, 6.45) is 0. The fourth-order valence-electron chi connectivity index (χ4n) is 2.95. The van der Waals surface area contributed by atoms with Crippen LogP contribution in [-0.4, -0.2) is 31.9 Å². The predicted molar refractivity (Wildman–Crippen MR) is 97.9 cm³/mol. The van der Waals surface area contributed by atoms with Crippen molar-refractivity contribution in [2.24, 2.45) is 0 Å². The van der Waals surface area contributed by atoms with E-state index < -0.39 is 27.9 Å². The minimum atomic E-state index is -3.92. The van der Waals surface area contributed by atoms with Gasteiger partial charge in [-0.25, -0.2) is 13.1 Å². The highest BCUT2D eigenvalue weighted by Gasteiger charge is 2.38. The Balaban J connectivity index is 1.69. The van der Waals surface area contributed by atoms with Gasteiger partial charge in [-0.2, -0.15) is 0 Å². The van der Waals surface area contributed by atoms with Crippen LogP contribution in [0.5, 0.6) is 0 Å². The molecule has 0 spiro atoms. The minimum Gasteiger partial charge on any atom is -0.360 e. The van der Waals surface area contributed by atoms with Crippen molar-refractivity contribution in [1.29, 1.82) is 0 Å². The number of amides is 2. The van der Waals surface area contributed by atoms with Crippen LogP contribution >= 0.6 is 0 Å². The molecule has 0 saturated carbocycles. The van der Waals surface area contributed by atoms with Crippen LogP contribution in [0.3, 0.4) is 0 Å². The van der Waals surface area contributed by atoms with Gasteiger partial charge in [-0.05, 0) is 51.5 Å². The molecular formula is C17H20N4O5S. The van der Waals surface area contributed by atoms with Crippen LogP contribution in [0.25, 0.3) is 0 Å². The molecule has 2 amide bonds. The van der Waals surface area contributed by atoms with E-state index in [1.807, 2.05) is 0 Å². The van der Waals surface area contributed by atoms with Crippen molar-refractivity contribution >= 4 is 33.2 Å². The molecule has 27 heavy (non-hydrogen) atoms. The van der Waals surface area contributed by atoms with E-state index >= 15 is 0 Å². The van der Waals surface area contributed by atoms with Crippen LogP contribution in [0, 0.1) is 13.8 Å². The van der Waals surface area contributed by atoms with Gasteiger partial charge < -0.3 is 15.2 Å². The molecule has 1 aromatic heterocycles. The maximum Gasteiger partial charge on any atom is 0.246 e. The van der Waals surface area contributed by atoms with E-state index in [0.29, 0.717) is 11.4 Å². The van der Waals surface area contributed by atoms with Crippen molar-refractivity contribution in [3.05, 3.63) is 35.2 Å². The van der Waals surface area contributed by atoms with E-state index in [1.165, 1.54) is 13.8 Å².